The van der Waals surface area contributed by atoms with Crippen LogP contribution in [0.4, 0.5) is 0 Å². The summed E-state index contributed by atoms with van der Waals surface area (Å²) in [6, 6.07) is 6.30. The summed E-state index contributed by atoms with van der Waals surface area (Å²) in [4.78, 5) is 20.3. The standard InChI is InChI=1S/C22H29N3O5S/c1-6-30-20-11-16(7-8-19(20)29-4)18(13-31(5,27)28)25-21-17(24-22(25)26)10-15(12-23-21)9-14(2)3/h7-8,10-12,14,18H,6,9,13H2,1-5H3,(H,24,26)/t18-/m0/s1. The zero-order chi connectivity index (χ0) is 22.8. The molecule has 0 aliphatic rings. The molecule has 0 spiro atoms. The predicted octanol–water partition coefficient (Wildman–Crippen LogP) is 2.96. The molecule has 2 heterocycles. The Hall–Kier alpha value is -2.81. The van der Waals surface area contributed by atoms with Crippen LogP contribution in [-0.4, -0.2) is 48.7 Å². The van der Waals surface area contributed by atoms with Crippen LogP contribution in [0.5, 0.6) is 11.5 Å². The van der Waals surface area contributed by atoms with E-state index in [-0.39, 0.29) is 5.75 Å². The number of rotatable bonds is 9. The number of pyridine rings is 1. The van der Waals surface area contributed by atoms with Crippen molar-refractivity contribution in [3.63, 3.8) is 0 Å². The highest BCUT2D eigenvalue weighted by molar-refractivity contribution is 7.90. The lowest BCUT2D eigenvalue weighted by Gasteiger charge is -2.20. The molecular formula is C22H29N3O5S. The molecule has 0 bridgehead atoms. The number of imidazole rings is 1. The number of methoxy groups -OCH3 is 1. The Morgan fingerprint density at radius 3 is 2.55 bits per heavy atom. The van der Waals surface area contributed by atoms with Gasteiger partial charge in [0.05, 0.1) is 31.0 Å². The Morgan fingerprint density at radius 1 is 1.19 bits per heavy atom. The first-order chi connectivity index (χ1) is 14.6. The highest BCUT2D eigenvalue weighted by Crippen LogP contribution is 2.32. The monoisotopic (exact) mass is 447 g/mol. The molecule has 2 aromatic heterocycles. The molecular weight excluding hydrogens is 418 g/mol. The summed E-state index contributed by atoms with van der Waals surface area (Å²) in [6.45, 7) is 6.49. The summed E-state index contributed by atoms with van der Waals surface area (Å²) in [5.74, 6) is 1.21. The second-order valence-electron chi connectivity index (χ2n) is 8.06. The zero-order valence-electron chi connectivity index (χ0n) is 18.5. The number of aromatic amines is 1. The minimum Gasteiger partial charge on any atom is -0.493 e. The number of ether oxygens (including phenoxy) is 2. The molecule has 3 rings (SSSR count). The largest absolute Gasteiger partial charge is 0.493 e. The van der Waals surface area contributed by atoms with Crippen LogP contribution in [0.2, 0.25) is 0 Å². The van der Waals surface area contributed by atoms with Crippen LogP contribution in [0.25, 0.3) is 11.2 Å². The van der Waals surface area contributed by atoms with Gasteiger partial charge in [0.1, 0.15) is 9.84 Å². The summed E-state index contributed by atoms with van der Waals surface area (Å²) >= 11 is 0. The van der Waals surface area contributed by atoms with Crippen molar-refractivity contribution in [2.45, 2.75) is 33.2 Å². The lowest BCUT2D eigenvalue weighted by Crippen LogP contribution is -2.28. The molecule has 31 heavy (non-hydrogen) atoms. The minimum absolute atomic E-state index is 0.257. The maximum atomic E-state index is 12.9. The van der Waals surface area contributed by atoms with Gasteiger partial charge in [-0.05, 0) is 48.6 Å². The van der Waals surface area contributed by atoms with Crippen LogP contribution in [0.1, 0.15) is 37.9 Å². The highest BCUT2D eigenvalue weighted by Gasteiger charge is 2.25. The predicted molar refractivity (Wildman–Crippen MR) is 121 cm³/mol. The molecule has 0 aliphatic heterocycles. The minimum atomic E-state index is -3.42. The van der Waals surface area contributed by atoms with Crippen molar-refractivity contribution in [3.05, 3.63) is 52.1 Å². The molecule has 1 atom stereocenters. The van der Waals surface area contributed by atoms with Crippen LogP contribution >= 0.6 is 0 Å². The Bertz CT molecular complexity index is 1230. The van der Waals surface area contributed by atoms with E-state index in [9.17, 15) is 13.2 Å². The fraction of sp³-hybridized carbons (Fsp3) is 0.455. The van der Waals surface area contributed by atoms with Crippen LogP contribution in [0.3, 0.4) is 0 Å². The first-order valence-electron chi connectivity index (χ1n) is 10.2. The van der Waals surface area contributed by atoms with Crippen molar-refractivity contribution >= 4 is 21.0 Å². The van der Waals surface area contributed by atoms with Gasteiger partial charge in [-0.25, -0.2) is 18.2 Å². The summed E-state index contributed by atoms with van der Waals surface area (Å²) < 4.78 is 36.9. The van der Waals surface area contributed by atoms with Crippen molar-refractivity contribution in [1.82, 2.24) is 14.5 Å². The normalized spacial score (nSPS) is 13.0. The molecule has 0 radical (unpaired) electrons. The first-order valence-corrected chi connectivity index (χ1v) is 12.3. The van der Waals surface area contributed by atoms with Gasteiger partial charge < -0.3 is 14.5 Å². The van der Waals surface area contributed by atoms with Crippen LogP contribution < -0.4 is 15.2 Å². The molecule has 0 amide bonds. The maximum Gasteiger partial charge on any atom is 0.328 e. The van der Waals surface area contributed by atoms with Crippen LogP contribution in [0, 0.1) is 5.92 Å². The van der Waals surface area contributed by atoms with Crippen molar-refractivity contribution < 1.29 is 17.9 Å². The average Bonchev–Trinajstić information content (AvgIpc) is 3.00. The summed E-state index contributed by atoms with van der Waals surface area (Å²) in [6.07, 6.45) is 3.73. The molecule has 0 aliphatic carbocycles. The second kappa shape index (κ2) is 9.13. The first kappa shape index (κ1) is 22.9. The number of hydrogen-bond donors (Lipinski definition) is 1. The Balaban J connectivity index is 2.18. The number of nitrogens with one attached hydrogen (secondary N) is 1. The fourth-order valence-corrected chi connectivity index (χ4v) is 4.62. The van der Waals surface area contributed by atoms with E-state index in [1.807, 2.05) is 13.0 Å². The van der Waals surface area contributed by atoms with Crippen molar-refractivity contribution in [3.8, 4) is 11.5 Å². The molecule has 0 saturated heterocycles. The third-order valence-electron chi connectivity index (χ3n) is 4.90. The van der Waals surface area contributed by atoms with Crippen molar-refractivity contribution in [1.29, 1.82) is 0 Å². The second-order valence-corrected chi connectivity index (χ2v) is 10.2. The van der Waals surface area contributed by atoms with Gasteiger partial charge in [0.25, 0.3) is 0 Å². The van der Waals surface area contributed by atoms with Gasteiger partial charge in [0, 0.05) is 12.5 Å². The lowest BCUT2D eigenvalue weighted by atomic mass is 10.0. The molecule has 0 saturated carbocycles. The van der Waals surface area contributed by atoms with E-state index >= 15 is 0 Å². The third kappa shape index (κ3) is 5.28. The smallest absolute Gasteiger partial charge is 0.328 e. The quantitative estimate of drug-likeness (QED) is 0.541. The molecule has 8 nitrogen and oxygen atoms in total. The summed E-state index contributed by atoms with van der Waals surface area (Å²) in [5, 5.41) is 0. The Morgan fingerprint density at radius 2 is 1.94 bits per heavy atom. The Kier molecular flexibility index (Phi) is 6.74. The van der Waals surface area contributed by atoms with E-state index in [0.717, 1.165) is 18.2 Å². The van der Waals surface area contributed by atoms with E-state index < -0.39 is 21.6 Å². The number of hydrogen-bond acceptors (Lipinski definition) is 6. The van der Waals surface area contributed by atoms with Crippen molar-refractivity contribution in [2.75, 3.05) is 25.7 Å². The number of aromatic nitrogens is 3. The van der Waals surface area contributed by atoms with Gasteiger partial charge in [-0.2, -0.15) is 0 Å². The van der Waals surface area contributed by atoms with E-state index in [1.165, 1.54) is 11.7 Å². The topological polar surface area (TPSA) is 103 Å². The SMILES string of the molecule is CCOc1cc([C@H](CS(C)(=O)=O)n2c(=O)[nH]c3cc(CC(C)C)cnc32)ccc1OC. The molecule has 1 aromatic carbocycles. The fourth-order valence-electron chi connectivity index (χ4n) is 3.70. The maximum absolute atomic E-state index is 12.9. The third-order valence-corrected chi connectivity index (χ3v) is 5.82. The van der Waals surface area contributed by atoms with Crippen LogP contribution in [0.15, 0.2) is 35.3 Å². The molecule has 0 fully saturated rings. The molecule has 168 valence electrons. The van der Waals surface area contributed by atoms with E-state index in [4.69, 9.17) is 9.47 Å². The van der Waals surface area contributed by atoms with Gasteiger partial charge >= 0.3 is 5.69 Å². The van der Waals surface area contributed by atoms with Gasteiger partial charge in [-0.3, -0.25) is 4.57 Å². The number of benzene rings is 1. The summed E-state index contributed by atoms with van der Waals surface area (Å²) in [5.41, 5.74) is 2.22. The van der Waals surface area contributed by atoms with Gasteiger partial charge in [0.15, 0.2) is 17.1 Å². The van der Waals surface area contributed by atoms with Gasteiger partial charge in [0.2, 0.25) is 0 Å². The van der Waals surface area contributed by atoms with Crippen LogP contribution in [-0.2, 0) is 16.3 Å². The van der Waals surface area contributed by atoms with Crippen molar-refractivity contribution in [2.24, 2.45) is 5.92 Å². The molecule has 9 heteroatoms. The van der Waals surface area contributed by atoms with Gasteiger partial charge in [-0.15, -0.1) is 0 Å². The Labute approximate surface area is 182 Å². The number of nitrogens with zero attached hydrogens (tertiary/aromatic N) is 2. The number of fused-ring (bicyclic) bond motifs is 1. The lowest BCUT2D eigenvalue weighted by molar-refractivity contribution is 0.310. The molecule has 0 unspecified atom stereocenters. The van der Waals surface area contributed by atoms with E-state index in [1.54, 1.807) is 24.4 Å². The summed E-state index contributed by atoms with van der Waals surface area (Å²) in [7, 11) is -1.89. The van der Waals surface area contributed by atoms with E-state index in [2.05, 4.69) is 23.8 Å². The average molecular weight is 448 g/mol. The zero-order valence-corrected chi connectivity index (χ0v) is 19.3. The molecule has 1 N–H and O–H groups in total. The molecule has 3 aromatic rings. The number of H-pyrrole nitrogens is 1. The highest BCUT2D eigenvalue weighted by atomic mass is 32.2. The van der Waals surface area contributed by atoms with E-state index in [0.29, 0.717) is 40.8 Å². The number of sulfone groups is 1. The van der Waals surface area contributed by atoms with Gasteiger partial charge in [-0.1, -0.05) is 19.9 Å².